The third kappa shape index (κ3) is 10.2. The third-order valence-corrected chi connectivity index (χ3v) is 2.40. The first-order valence-corrected chi connectivity index (χ1v) is 6.32. The average Bonchev–Trinajstić information content (AvgIpc) is 2.17. The predicted molar refractivity (Wildman–Crippen MR) is 65.8 cm³/mol. The molecule has 0 aliphatic rings. The van der Waals surface area contributed by atoms with Gasteiger partial charge in [0.2, 0.25) is 0 Å². The lowest BCUT2D eigenvalue weighted by molar-refractivity contribution is -0.00892. The molecule has 92 valence electrons. The van der Waals surface area contributed by atoms with E-state index in [0.29, 0.717) is 6.10 Å². The van der Waals surface area contributed by atoms with E-state index in [1.54, 1.807) is 0 Å². The first kappa shape index (κ1) is 14.9. The smallest absolute Gasteiger partial charge is 0.103 e. The van der Waals surface area contributed by atoms with Gasteiger partial charge in [0.25, 0.3) is 0 Å². The molecule has 2 atom stereocenters. The van der Waals surface area contributed by atoms with Gasteiger partial charge in [-0.3, -0.25) is 0 Å². The number of unbranched alkanes of at least 4 members (excludes halogenated alkanes) is 1. The molecule has 0 rings (SSSR count). The fourth-order valence-electron chi connectivity index (χ4n) is 1.70. The summed E-state index contributed by atoms with van der Waals surface area (Å²) in [5.41, 5.74) is 5.64. The van der Waals surface area contributed by atoms with Crippen LogP contribution in [0, 0.1) is 0 Å². The molecule has 2 unspecified atom stereocenters. The van der Waals surface area contributed by atoms with E-state index in [0.717, 1.165) is 25.9 Å². The second kappa shape index (κ2) is 10.4. The van der Waals surface area contributed by atoms with Crippen molar-refractivity contribution in [2.75, 3.05) is 13.1 Å². The van der Waals surface area contributed by atoms with E-state index in [9.17, 15) is 0 Å². The minimum atomic E-state index is -0.129. The van der Waals surface area contributed by atoms with Crippen molar-refractivity contribution in [2.24, 2.45) is 5.73 Å². The zero-order chi connectivity index (χ0) is 11.5. The minimum Gasteiger partial charge on any atom is -0.361 e. The Balaban J connectivity index is 3.47. The fourth-order valence-corrected chi connectivity index (χ4v) is 1.70. The highest BCUT2D eigenvalue weighted by Gasteiger charge is 2.09. The van der Waals surface area contributed by atoms with Crippen LogP contribution in [0.1, 0.15) is 52.9 Å². The topological polar surface area (TPSA) is 47.3 Å². The van der Waals surface area contributed by atoms with Crippen molar-refractivity contribution in [2.45, 2.75) is 65.2 Å². The summed E-state index contributed by atoms with van der Waals surface area (Å²) < 4.78 is 5.65. The van der Waals surface area contributed by atoms with Gasteiger partial charge in [-0.1, -0.05) is 20.3 Å². The first-order valence-electron chi connectivity index (χ1n) is 6.32. The van der Waals surface area contributed by atoms with Crippen LogP contribution < -0.4 is 11.1 Å². The maximum Gasteiger partial charge on any atom is 0.103 e. The lowest BCUT2D eigenvalue weighted by atomic mass is 10.1. The highest BCUT2D eigenvalue weighted by atomic mass is 16.5. The zero-order valence-electron chi connectivity index (χ0n) is 10.6. The van der Waals surface area contributed by atoms with E-state index in [1.807, 2.05) is 6.92 Å². The van der Waals surface area contributed by atoms with Crippen molar-refractivity contribution in [3.05, 3.63) is 0 Å². The number of hydrogen-bond acceptors (Lipinski definition) is 3. The number of ether oxygens (including phenoxy) is 1. The molecule has 0 radical (unpaired) electrons. The molecule has 0 bridgehead atoms. The lowest BCUT2D eigenvalue weighted by Gasteiger charge is -2.19. The Morgan fingerprint density at radius 1 is 1.20 bits per heavy atom. The van der Waals surface area contributed by atoms with E-state index in [4.69, 9.17) is 10.5 Å². The molecule has 0 aliphatic carbocycles. The molecule has 0 saturated heterocycles. The maximum atomic E-state index is 5.65. The van der Waals surface area contributed by atoms with Crippen LogP contribution >= 0.6 is 0 Å². The van der Waals surface area contributed by atoms with Gasteiger partial charge in [0.1, 0.15) is 6.23 Å². The van der Waals surface area contributed by atoms with E-state index in [-0.39, 0.29) is 6.23 Å². The molecular weight excluding hydrogens is 188 g/mol. The molecule has 0 amide bonds. The summed E-state index contributed by atoms with van der Waals surface area (Å²) in [6, 6.07) is 0. The summed E-state index contributed by atoms with van der Waals surface area (Å²) in [6.45, 7) is 8.42. The summed E-state index contributed by atoms with van der Waals surface area (Å²) in [7, 11) is 0. The third-order valence-electron chi connectivity index (χ3n) is 2.40. The molecule has 0 spiro atoms. The van der Waals surface area contributed by atoms with E-state index < -0.39 is 0 Å². The molecule has 0 saturated carbocycles. The van der Waals surface area contributed by atoms with Gasteiger partial charge in [-0.05, 0) is 45.7 Å². The zero-order valence-corrected chi connectivity index (χ0v) is 10.6. The minimum absolute atomic E-state index is 0.129. The molecule has 3 nitrogen and oxygen atoms in total. The second-order valence-corrected chi connectivity index (χ2v) is 4.10. The molecule has 0 heterocycles. The second-order valence-electron chi connectivity index (χ2n) is 4.10. The molecule has 3 N–H and O–H groups in total. The van der Waals surface area contributed by atoms with Crippen LogP contribution in [0.5, 0.6) is 0 Å². The Morgan fingerprint density at radius 3 is 2.47 bits per heavy atom. The molecule has 0 aliphatic heterocycles. The highest BCUT2D eigenvalue weighted by molar-refractivity contribution is 4.59. The van der Waals surface area contributed by atoms with Gasteiger partial charge >= 0.3 is 0 Å². The van der Waals surface area contributed by atoms with E-state index in [2.05, 4.69) is 19.2 Å². The summed E-state index contributed by atoms with van der Waals surface area (Å²) in [5, 5.41) is 3.33. The number of hydrogen-bond donors (Lipinski definition) is 2. The molecule has 0 aromatic heterocycles. The SMILES string of the molecule is CCCC(CCCCNCC)OC(C)N. The summed E-state index contributed by atoms with van der Waals surface area (Å²) >= 11 is 0. The monoisotopic (exact) mass is 216 g/mol. The van der Waals surface area contributed by atoms with Crippen LogP contribution in [0.15, 0.2) is 0 Å². The van der Waals surface area contributed by atoms with Crippen molar-refractivity contribution >= 4 is 0 Å². The van der Waals surface area contributed by atoms with Crippen LogP contribution in [0.3, 0.4) is 0 Å². The van der Waals surface area contributed by atoms with Crippen molar-refractivity contribution in [3.8, 4) is 0 Å². The van der Waals surface area contributed by atoms with Crippen LogP contribution in [-0.4, -0.2) is 25.4 Å². The Hall–Kier alpha value is -0.120. The van der Waals surface area contributed by atoms with E-state index in [1.165, 1.54) is 19.3 Å². The van der Waals surface area contributed by atoms with Crippen molar-refractivity contribution in [3.63, 3.8) is 0 Å². The lowest BCUT2D eigenvalue weighted by Crippen LogP contribution is -2.26. The first-order chi connectivity index (χ1) is 7.20. The average molecular weight is 216 g/mol. The molecular formula is C12H28N2O. The quantitative estimate of drug-likeness (QED) is 0.435. The molecule has 0 fully saturated rings. The normalized spacial score (nSPS) is 15.2. The van der Waals surface area contributed by atoms with Crippen molar-refractivity contribution in [1.82, 2.24) is 5.32 Å². The highest BCUT2D eigenvalue weighted by Crippen LogP contribution is 2.11. The van der Waals surface area contributed by atoms with E-state index >= 15 is 0 Å². The summed E-state index contributed by atoms with van der Waals surface area (Å²) in [4.78, 5) is 0. The molecule has 3 heteroatoms. The predicted octanol–water partition coefficient (Wildman–Crippen LogP) is 2.26. The molecule has 0 aromatic carbocycles. The standard InChI is InChI=1S/C12H28N2O/c1-4-8-12(15-11(3)13)9-6-7-10-14-5-2/h11-12,14H,4-10,13H2,1-3H3. The summed E-state index contributed by atoms with van der Waals surface area (Å²) in [5.74, 6) is 0. The Labute approximate surface area is 94.8 Å². The van der Waals surface area contributed by atoms with Crippen LogP contribution in [0.25, 0.3) is 0 Å². The molecule has 0 aromatic rings. The number of nitrogens with two attached hydrogens (primary N) is 1. The van der Waals surface area contributed by atoms with Crippen LogP contribution in [0.4, 0.5) is 0 Å². The Bertz CT molecular complexity index is 129. The Kier molecular flexibility index (Phi) is 10.3. The fraction of sp³-hybridized carbons (Fsp3) is 1.00. The van der Waals surface area contributed by atoms with Gasteiger partial charge in [0.15, 0.2) is 0 Å². The van der Waals surface area contributed by atoms with Gasteiger partial charge < -0.3 is 15.8 Å². The largest absolute Gasteiger partial charge is 0.361 e. The van der Waals surface area contributed by atoms with Crippen LogP contribution in [-0.2, 0) is 4.74 Å². The van der Waals surface area contributed by atoms with Crippen molar-refractivity contribution in [1.29, 1.82) is 0 Å². The van der Waals surface area contributed by atoms with Crippen LogP contribution in [0.2, 0.25) is 0 Å². The Morgan fingerprint density at radius 2 is 1.93 bits per heavy atom. The number of rotatable bonds is 10. The van der Waals surface area contributed by atoms with Crippen molar-refractivity contribution < 1.29 is 4.74 Å². The maximum absolute atomic E-state index is 5.65. The van der Waals surface area contributed by atoms with Gasteiger partial charge in [-0.25, -0.2) is 0 Å². The van der Waals surface area contributed by atoms with Gasteiger partial charge in [0, 0.05) is 0 Å². The summed E-state index contributed by atoms with van der Waals surface area (Å²) in [6.07, 6.45) is 6.13. The number of nitrogens with one attached hydrogen (secondary N) is 1. The van der Waals surface area contributed by atoms with Gasteiger partial charge in [-0.2, -0.15) is 0 Å². The van der Waals surface area contributed by atoms with Gasteiger partial charge in [-0.15, -0.1) is 0 Å². The van der Waals surface area contributed by atoms with Gasteiger partial charge in [0.05, 0.1) is 6.10 Å². The molecule has 15 heavy (non-hydrogen) atoms.